The molecule has 1 aromatic rings. The average molecular weight is 283 g/mol. The predicted molar refractivity (Wildman–Crippen MR) is 70.6 cm³/mol. The minimum Gasteiger partial charge on any atom is -0.481 e. The second-order valence-electron chi connectivity index (χ2n) is 4.25. The van der Waals surface area contributed by atoms with Crippen molar-refractivity contribution in [3.63, 3.8) is 0 Å². The molecule has 1 N–H and O–H groups in total. The molecule has 0 aromatic heterocycles. The molecule has 0 bridgehead atoms. The van der Waals surface area contributed by atoms with E-state index in [1.807, 2.05) is 0 Å². The van der Waals surface area contributed by atoms with E-state index in [-0.39, 0.29) is 17.5 Å². The molecule has 0 spiro atoms. The Balaban J connectivity index is 1.86. The summed E-state index contributed by atoms with van der Waals surface area (Å²) in [5, 5.41) is 2.54. The molecule has 0 radical (unpaired) electrons. The summed E-state index contributed by atoms with van der Waals surface area (Å²) in [6, 6.07) is 4.30. The molecular formula is C13H14FNO3S. The quantitative estimate of drug-likeness (QED) is 0.913. The van der Waals surface area contributed by atoms with Gasteiger partial charge in [-0.15, -0.1) is 0 Å². The Hall–Kier alpha value is -1.56. The van der Waals surface area contributed by atoms with Crippen LogP contribution in [0, 0.1) is 12.7 Å². The van der Waals surface area contributed by atoms with Gasteiger partial charge in [0.1, 0.15) is 0 Å². The van der Waals surface area contributed by atoms with E-state index in [0.717, 1.165) is 5.75 Å². The molecule has 1 atom stereocenters. The van der Waals surface area contributed by atoms with Crippen LogP contribution >= 0.6 is 11.8 Å². The van der Waals surface area contributed by atoms with Crippen molar-refractivity contribution >= 4 is 22.8 Å². The number of carbonyl (C=O) groups excluding carboxylic acids is 2. The maximum absolute atomic E-state index is 13.6. The number of ether oxygens (including phenoxy) is 1. The van der Waals surface area contributed by atoms with E-state index in [9.17, 15) is 14.0 Å². The van der Waals surface area contributed by atoms with E-state index in [2.05, 4.69) is 5.32 Å². The van der Waals surface area contributed by atoms with Crippen molar-refractivity contribution in [2.75, 3.05) is 12.4 Å². The normalized spacial score (nSPS) is 18.4. The number of rotatable bonds is 4. The van der Waals surface area contributed by atoms with Crippen LogP contribution in [-0.2, 0) is 9.59 Å². The van der Waals surface area contributed by atoms with Gasteiger partial charge in [0.25, 0.3) is 5.91 Å². The SMILES string of the molecule is Cc1cccc(OCC(=O)N[C@@H]2CCSC2=O)c1F. The summed E-state index contributed by atoms with van der Waals surface area (Å²) in [6.45, 7) is 1.32. The summed E-state index contributed by atoms with van der Waals surface area (Å²) >= 11 is 1.21. The number of halogens is 1. The van der Waals surface area contributed by atoms with Crippen LogP contribution in [0.4, 0.5) is 4.39 Å². The third kappa shape index (κ3) is 3.47. The summed E-state index contributed by atoms with van der Waals surface area (Å²) < 4.78 is 18.7. The molecule has 1 fully saturated rings. The fourth-order valence-corrected chi connectivity index (χ4v) is 2.67. The Morgan fingerprint density at radius 2 is 2.37 bits per heavy atom. The van der Waals surface area contributed by atoms with Crippen molar-refractivity contribution in [3.8, 4) is 5.75 Å². The Bertz CT molecular complexity index is 507. The molecule has 0 aliphatic carbocycles. The number of hydrogen-bond acceptors (Lipinski definition) is 4. The number of carbonyl (C=O) groups is 2. The van der Waals surface area contributed by atoms with Crippen LogP contribution in [0.1, 0.15) is 12.0 Å². The number of hydrogen-bond donors (Lipinski definition) is 1. The van der Waals surface area contributed by atoms with E-state index in [1.165, 1.54) is 17.8 Å². The van der Waals surface area contributed by atoms with Crippen molar-refractivity contribution in [2.24, 2.45) is 0 Å². The maximum atomic E-state index is 13.6. The van der Waals surface area contributed by atoms with Crippen LogP contribution in [0.15, 0.2) is 18.2 Å². The molecule has 6 heteroatoms. The first-order valence-corrected chi connectivity index (χ1v) is 6.90. The highest BCUT2D eigenvalue weighted by Gasteiger charge is 2.26. The molecule has 0 unspecified atom stereocenters. The molecule has 0 saturated carbocycles. The lowest BCUT2D eigenvalue weighted by atomic mass is 10.2. The maximum Gasteiger partial charge on any atom is 0.258 e. The van der Waals surface area contributed by atoms with Gasteiger partial charge in [0.2, 0.25) is 5.12 Å². The summed E-state index contributed by atoms with van der Waals surface area (Å²) in [4.78, 5) is 22.9. The fraction of sp³-hybridized carbons (Fsp3) is 0.385. The molecule has 1 aromatic carbocycles. The molecule has 19 heavy (non-hydrogen) atoms. The zero-order chi connectivity index (χ0) is 13.8. The van der Waals surface area contributed by atoms with E-state index < -0.39 is 17.8 Å². The monoisotopic (exact) mass is 283 g/mol. The molecule has 2 rings (SSSR count). The van der Waals surface area contributed by atoms with Gasteiger partial charge in [0.05, 0.1) is 6.04 Å². The highest BCUT2D eigenvalue weighted by atomic mass is 32.2. The van der Waals surface area contributed by atoms with Gasteiger partial charge in [0.15, 0.2) is 18.2 Å². The van der Waals surface area contributed by atoms with Crippen molar-refractivity contribution in [2.45, 2.75) is 19.4 Å². The van der Waals surface area contributed by atoms with E-state index in [1.54, 1.807) is 19.1 Å². The summed E-state index contributed by atoms with van der Waals surface area (Å²) in [5.74, 6) is -0.122. The molecule has 1 saturated heterocycles. The van der Waals surface area contributed by atoms with Gasteiger partial charge in [-0.1, -0.05) is 23.9 Å². The van der Waals surface area contributed by atoms with Crippen molar-refractivity contribution < 1.29 is 18.7 Å². The zero-order valence-electron chi connectivity index (χ0n) is 10.4. The fourth-order valence-electron chi connectivity index (χ4n) is 1.74. The summed E-state index contributed by atoms with van der Waals surface area (Å²) in [5.41, 5.74) is 0.459. The first-order chi connectivity index (χ1) is 9.08. The molecule has 1 amide bonds. The predicted octanol–water partition coefficient (Wildman–Crippen LogP) is 1.66. The van der Waals surface area contributed by atoms with Crippen LogP contribution in [0.3, 0.4) is 0 Å². The third-order valence-corrected chi connectivity index (χ3v) is 3.79. The van der Waals surface area contributed by atoms with Gasteiger partial charge in [-0.3, -0.25) is 9.59 Å². The van der Waals surface area contributed by atoms with Crippen molar-refractivity contribution in [3.05, 3.63) is 29.6 Å². The van der Waals surface area contributed by atoms with Crippen LogP contribution in [-0.4, -0.2) is 29.4 Å². The minimum atomic E-state index is -0.470. The van der Waals surface area contributed by atoms with Gasteiger partial charge in [-0.2, -0.15) is 0 Å². The van der Waals surface area contributed by atoms with Gasteiger partial charge in [-0.05, 0) is 25.0 Å². The van der Waals surface area contributed by atoms with Crippen LogP contribution in [0.25, 0.3) is 0 Å². The van der Waals surface area contributed by atoms with Crippen molar-refractivity contribution in [1.82, 2.24) is 5.32 Å². The largest absolute Gasteiger partial charge is 0.481 e. The highest BCUT2D eigenvalue weighted by molar-refractivity contribution is 8.14. The smallest absolute Gasteiger partial charge is 0.258 e. The lowest BCUT2D eigenvalue weighted by molar-refractivity contribution is -0.126. The Kier molecular flexibility index (Phi) is 4.42. The van der Waals surface area contributed by atoms with Gasteiger partial charge < -0.3 is 10.1 Å². The standard InChI is InChI=1S/C13H14FNO3S/c1-8-3-2-4-10(12(8)14)18-7-11(16)15-9-5-6-19-13(9)17/h2-4,9H,5-7H2,1H3,(H,15,16)/t9-/m1/s1. The van der Waals surface area contributed by atoms with E-state index >= 15 is 0 Å². The molecule has 4 nitrogen and oxygen atoms in total. The molecule has 1 aliphatic rings. The molecule has 102 valence electrons. The molecular weight excluding hydrogens is 269 g/mol. The van der Waals surface area contributed by atoms with Gasteiger partial charge in [0, 0.05) is 5.75 Å². The van der Waals surface area contributed by atoms with Gasteiger partial charge >= 0.3 is 0 Å². The lowest BCUT2D eigenvalue weighted by Gasteiger charge is -2.11. The van der Waals surface area contributed by atoms with Crippen LogP contribution < -0.4 is 10.1 Å². The number of amides is 1. The Morgan fingerprint density at radius 3 is 3.05 bits per heavy atom. The van der Waals surface area contributed by atoms with Crippen molar-refractivity contribution in [1.29, 1.82) is 0 Å². The number of benzene rings is 1. The second-order valence-corrected chi connectivity index (χ2v) is 5.35. The summed E-state index contributed by atoms with van der Waals surface area (Å²) in [6.07, 6.45) is 0.633. The topological polar surface area (TPSA) is 55.4 Å². The van der Waals surface area contributed by atoms with E-state index in [0.29, 0.717) is 12.0 Å². The number of nitrogens with one attached hydrogen (secondary N) is 1. The number of aryl methyl sites for hydroxylation is 1. The minimum absolute atomic E-state index is 0.0323. The third-order valence-electron chi connectivity index (χ3n) is 2.79. The second kappa shape index (κ2) is 6.06. The van der Waals surface area contributed by atoms with Crippen LogP contribution in [0.2, 0.25) is 0 Å². The van der Waals surface area contributed by atoms with E-state index in [4.69, 9.17) is 4.74 Å². The van der Waals surface area contributed by atoms with Gasteiger partial charge in [-0.25, -0.2) is 4.39 Å². The molecule has 1 aliphatic heterocycles. The average Bonchev–Trinajstić information content (AvgIpc) is 2.77. The first kappa shape index (κ1) is 13.9. The number of thioether (sulfide) groups is 1. The Morgan fingerprint density at radius 1 is 1.58 bits per heavy atom. The zero-order valence-corrected chi connectivity index (χ0v) is 11.3. The summed E-state index contributed by atoms with van der Waals surface area (Å²) in [7, 11) is 0. The Labute approximate surface area is 114 Å². The highest BCUT2D eigenvalue weighted by Crippen LogP contribution is 2.20. The van der Waals surface area contributed by atoms with Crippen LogP contribution in [0.5, 0.6) is 5.75 Å². The molecule has 1 heterocycles. The lowest BCUT2D eigenvalue weighted by Crippen LogP contribution is -2.39. The first-order valence-electron chi connectivity index (χ1n) is 5.92.